The van der Waals surface area contributed by atoms with E-state index in [-0.39, 0.29) is 92.6 Å². The molecule has 0 aliphatic heterocycles. The van der Waals surface area contributed by atoms with Gasteiger partial charge in [-0.05, 0) is 20.8 Å². The molecular weight excluding hydrogens is 615 g/mol. The SMILES string of the molecule is CC(=O)CC(=O)c1ccccc1.CC(=O)CC(=O)c1ccccc1.CC(=O)CC(=O)c1ccccc1.[Tb]. The molecule has 0 saturated carbocycles. The summed E-state index contributed by atoms with van der Waals surface area (Å²) < 4.78 is 0. The van der Waals surface area contributed by atoms with Crippen molar-refractivity contribution in [2.24, 2.45) is 0 Å². The zero-order valence-electron chi connectivity index (χ0n) is 21.1. The third kappa shape index (κ3) is 15.6. The maximum atomic E-state index is 11.2. The van der Waals surface area contributed by atoms with Crippen LogP contribution in [0.5, 0.6) is 0 Å². The Kier molecular flexibility index (Phi) is 17.6. The maximum absolute atomic E-state index is 11.2. The van der Waals surface area contributed by atoms with Gasteiger partial charge in [0.05, 0.1) is 19.3 Å². The number of rotatable bonds is 9. The summed E-state index contributed by atoms with van der Waals surface area (Å²) in [5, 5.41) is 0. The van der Waals surface area contributed by atoms with E-state index in [0.717, 1.165) is 0 Å². The molecule has 0 fully saturated rings. The Morgan fingerprint density at radius 3 is 0.757 bits per heavy atom. The van der Waals surface area contributed by atoms with Crippen LogP contribution < -0.4 is 0 Å². The van der Waals surface area contributed by atoms with Gasteiger partial charge < -0.3 is 0 Å². The Morgan fingerprint density at radius 2 is 0.595 bits per heavy atom. The molecule has 195 valence electrons. The molecule has 0 saturated heterocycles. The first kappa shape index (κ1) is 34.0. The molecule has 6 nitrogen and oxygen atoms in total. The molecule has 0 atom stereocenters. The molecule has 0 heterocycles. The summed E-state index contributed by atoms with van der Waals surface area (Å²) in [4.78, 5) is 65.5. The van der Waals surface area contributed by atoms with Gasteiger partial charge in [-0.25, -0.2) is 0 Å². The van der Waals surface area contributed by atoms with E-state index >= 15 is 0 Å². The minimum absolute atomic E-state index is 0. The van der Waals surface area contributed by atoms with Gasteiger partial charge in [-0.1, -0.05) is 91.0 Å². The second-order valence-corrected chi connectivity index (χ2v) is 8.00. The normalized spacial score (nSPS) is 9.16. The van der Waals surface area contributed by atoms with E-state index in [2.05, 4.69) is 0 Å². The summed E-state index contributed by atoms with van der Waals surface area (Å²) in [5.41, 5.74) is 1.81. The van der Waals surface area contributed by atoms with Crippen LogP contribution in [0.1, 0.15) is 71.1 Å². The number of carbonyl (C=O) groups is 6. The van der Waals surface area contributed by atoms with Gasteiger partial charge >= 0.3 is 0 Å². The third-order valence-electron chi connectivity index (χ3n) is 4.52. The predicted octanol–water partition coefficient (Wildman–Crippen LogP) is 5.55. The third-order valence-corrected chi connectivity index (χ3v) is 4.52. The standard InChI is InChI=1S/3C10H10O2.Tb/c3*1-8(11)7-10(12)9-5-3-2-4-6-9;/h3*2-6H,7H2,1H3;. The fraction of sp³-hybridized carbons (Fsp3) is 0.200. The van der Waals surface area contributed by atoms with Crippen molar-refractivity contribution in [3.8, 4) is 0 Å². The smallest absolute Gasteiger partial charge is 0.170 e. The van der Waals surface area contributed by atoms with Crippen molar-refractivity contribution in [2.75, 3.05) is 0 Å². The Morgan fingerprint density at radius 1 is 0.405 bits per heavy atom. The molecule has 0 unspecified atom stereocenters. The molecule has 3 rings (SSSR count). The fourth-order valence-corrected chi connectivity index (χ4v) is 2.86. The molecule has 37 heavy (non-hydrogen) atoms. The van der Waals surface area contributed by atoms with Crippen LogP contribution in [0, 0.1) is 38.6 Å². The average Bonchev–Trinajstić information content (AvgIpc) is 2.85. The number of benzene rings is 3. The molecular formula is C30H30O6Tb. The van der Waals surface area contributed by atoms with Crippen molar-refractivity contribution in [1.82, 2.24) is 0 Å². The van der Waals surface area contributed by atoms with Crippen LogP contribution in [0.3, 0.4) is 0 Å². The molecule has 3 aromatic rings. The van der Waals surface area contributed by atoms with E-state index in [4.69, 9.17) is 0 Å². The second kappa shape index (κ2) is 19.1. The zero-order chi connectivity index (χ0) is 26.9. The molecule has 3 aromatic carbocycles. The largest absolute Gasteiger partial charge is 0.300 e. The van der Waals surface area contributed by atoms with E-state index in [0.29, 0.717) is 16.7 Å². The van der Waals surface area contributed by atoms with Crippen molar-refractivity contribution in [2.45, 2.75) is 40.0 Å². The van der Waals surface area contributed by atoms with Crippen molar-refractivity contribution in [3.05, 3.63) is 108 Å². The van der Waals surface area contributed by atoms with Crippen molar-refractivity contribution < 1.29 is 67.4 Å². The van der Waals surface area contributed by atoms with Gasteiger partial charge in [-0.3, -0.25) is 28.8 Å². The Bertz CT molecular complexity index is 1020. The molecule has 0 N–H and O–H groups in total. The number of hydrogen-bond donors (Lipinski definition) is 0. The topological polar surface area (TPSA) is 102 Å². The number of Topliss-reactive ketones (excluding diaryl/α,β-unsaturated/α-hetero) is 6. The van der Waals surface area contributed by atoms with Crippen LogP contribution in [0.2, 0.25) is 0 Å². The summed E-state index contributed by atoms with van der Waals surface area (Å²) in [6.07, 6.45) is 0.0119. The Balaban J connectivity index is 0.000000518. The second-order valence-electron chi connectivity index (χ2n) is 8.00. The summed E-state index contributed by atoms with van der Waals surface area (Å²) in [7, 11) is 0. The molecule has 1 radical (unpaired) electrons. The molecule has 0 aliphatic carbocycles. The first-order valence-corrected chi connectivity index (χ1v) is 11.3. The average molecular weight is 645 g/mol. The molecule has 0 bridgehead atoms. The summed E-state index contributed by atoms with van der Waals surface area (Å²) in [6.45, 7) is 4.25. The first-order valence-electron chi connectivity index (χ1n) is 11.3. The van der Waals surface area contributed by atoms with Gasteiger partial charge in [0.2, 0.25) is 0 Å². The number of ketones is 6. The van der Waals surface area contributed by atoms with E-state index in [1.165, 1.54) is 20.8 Å². The minimum atomic E-state index is -0.108. The fourth-order valence-electron chi connectivity index (χ4n) is 2.86. The molecule has 0 aliphatic rings. The van der Waals surface area contributed by atoms with Crippen molar-refractivity contribution >= 4 is 34.7 Å². The van der Waals surface area contributed by atoms with Crippen LogP contribution in [-0.4, -0.2) is 34.7 Å². The van der Waals surface area contributed by atoms with Gasteiger partial charge in [0.25, 0.3) is 0 Å². The maximum Gasteiger partial charge on any atom is 0.170 e. The van der Waals surface area contributed by atoms with Gasteiger partial charge in [0.15, 0.2) is 17.3 Å². The minimum Gasteiger partial charge on any atom is -0.300 e. The van der Waals surface area contributed by atoms with E-state index < -0.39 is 0 Å². The number of hydrogen-bond acceptors (Lipinski definition) is 6. The monoisotopic (exact) mass is 645 g/mol. The Labute approximate surface area is 248 Å². The predicted molar refractivity (Wildman–Crippen MR) is 138 cm³/mol. The molecule has 0 spiro atoms. The van der Waals surface area contributed by atoms with Gasteiger partial charge in [-0.15, -0.1) is 0 Å². The summed E-state index contributed by atoms with van der Waals surface area (Å²) in [6, 6.07) is 26.5. The van der Waals surface area contributed by atoms with Crippen molar-refractivity contribution in [1.29, 1.82) is 0 Å². The Hall–Kier alpha value is -3.03. The van der Waals surface area contributed by atoms with Crippen LogP contribution in [-0.2, 0) is 14.4 Å². The zero-order valence-corrected chi connectivity index (χ0v) is 23.2. The van der Waals surface area contributed by atoms with Gasteiger partial charge in [0, 0.05) is 55.3 Å². The van der Waals surface area contributed by atoms with Gasteiger partial charge in [0.1, 0.15) is 17.3 Å². The number of carbonyl (C=O) groups excluding carboxylic acids is 6. The first-order chi connectivity index (χ1) is 17.1. The van der Waals surface area contributed by atoms with Crippen LogP contribution in [0.25, 0.3) is 0 Å². The summed E-state index contributed by atoms with van der Waals surface area (Å²) in [5.74, 6) is -0.606. The van der Waals surface area contributed by atoms with Gasteiger partial charge in [-0.2, -0.15) is 0 Å². The van der Waals surface area contributed by atoms with E-state index in [9.17, 15) is 28.8 Å². The molecule has 7 heteroatoms. The van der Waals surface area contributed by atoms with E-state index in [1.54, 1.807) is 72.8 Å². The summed E-state index contributed by atoms with van der Waals surface area (Å²) >= 11 is 0. The van der Waals surface area contributed by atoms with E-state index in [1.807, 2.05) is 18.2 Å². The molecule has 0 aromatic heterocycles. The van der Waals surface area contributed by atoms with Crippen LogP contribution in [0.15, 0.2) is 91.0 Å². The van der Waals surface area contributed by atoms with Crippen LogP contribution >= 0.6 is 0 Å². The van der Waals surface area contributed by atoms with Crippen molar-refractivity contribution in [3.63, 3.8) is 0 Å². The molecule has 0 amide bonds. The quantitative estimate of drug-likeness (QED) is 0.224. The van der Waals surface area contributed by atoms with Crippen LogP contribution in [0.4, 0.5) is 0 Å².